The average Bonchev–Trinajstić information content (AvgIpc) is 2.52. The molecule has 0 aromatic heterocycles. The fourth-order valence-corrected chi connectivity index (χ4v) is 1.81. The van der Waals surface area contributed by atoms with E-state index < -0.39 is 5.91 Å². The van der Waals surface area contributed by atoms with Crippen LogP contribution in [0.5, 0.6) is 0 Å². The molecule has 3 N–H and O–H groups in total. The van der Waals surface area contributed by atoms with Crippen LogP contribution in [-0.2, 0) is 9.59 Å². The van der Waals surface area contributed by atoms with Crippen molar-refractivity contribution in [2.45, 2.75) is 32.6 Å². The van der Waals surface area contributed by atoms with Gasteiger partial charge in [-0.3, -0.25) is 25.8 Å². The van der Waals surface area contributed by atoms with Gasteiger partial charge >= 0.3 is 0 Å². The summed E-state index contributed by atoms with van der Waals surface area (Å²) in [6.07, 6.45) is 6.04. The van der Waals surface area contributed by atoms with E-state index in [9.17, 15) is 14.0 Å². The third-order valence-corrected chi connectivity index (χ3v) is 3.06. The number of unbranched alkanes of at least 4 members (excludes halogenated alkanes) is 2. The van der Waals surface area contributed by atoms with E-state index in [1.807, 2.05) is 0 Å². The lowest BCUT2D eigenvalue weighted by Crippen LogP contribution is -2.48. The van der Waals surface area contributed by atoms with Crippen LogP contribution in [0.4, 0.5) is 4.39 Å². The van der Waals surface area contributed by atoms with Crippen molar-refractivity contribution in [2.75, 3.05) is 0 Å². The molecule has 0 atom stereocenters. The maximum absolute atomic E-state index is 12.7. The van der Waals surface area contributed by atoms with Gasteiger partial charge in [-0.2, -0.15) is 0 Å². The van der Waals surface area contributed by atoms with Crippen LogP contribution in [0.15, 0.2) is 30.3 Å². The number of hydrogen-bond acceptors (Lipinski definition) is 3. The Morgan fingerprint density at radius 2 is 1.87 bits per heavy atom. The topological polar surface area (TPSA) is 70.2 Å². The predicted molar refractivity (Wildman–Crippen MR) is 91.6 cm³/mol. The zero-order valence-corrected chi connectivity index (χ0v) is 13.7. The summed E-state index contributed by atoms with van der Waals surface area (Å²) >= 11 is 4.89. The monoisotopic (exact) mass is 337 g/mol. The summed E-state index contributed by atoms with van der Waals surface area (Å²) in [4.78, 5) is 23.1. The SMILES string of the molecule is CCCCCC(=O)NNC(=S)NC(=O)C=Cc1ccc(F)cc1. The van der Waals surface area contributed by atoms with Crippen molar-refractivity contribution in [1.82, 2.24) is 16.2 Å². The first-order valence-corrected chi connectivity index (χ1v) is 7.75. The highest BCUT2D eigenvalue weighted by Gasteiger charge is 2.03. The zero-order chi connectivity index (χ0) is 17.1. The second kappa shape index (κ2) is 10.4. The van der Waals surface area contributed by atoms with E-state index in [0.717, 1.165) is 19.3 Å². The van der Waals surface area contributed by atoms with Crippen molar-refractivity contribution >= 4 is 35.2 Å². The lowest BCUT2D eigenvalue weighted by molar-refractivity contribution is -0.122. The van der Waals surface area contributed by atoms with E-state index in [2.05, 4.69) is 23.1 Å². The molecular formula is C16H20FN3O2S. The highest BCUT2D eigenvalue weighted by atomic mass is 32.1. The van der Waals surface area contributed by atoms with Crippen molar-refractivity contribution < 1.29 is 14.0 Å². The average molecular weight is 337 g/mol. The second-order valence-electron chi connectivity index (χ2n) is 4.83. The van der Waals surface area contributed by atoms with E-state index in [0.29, 0.717) is 12.0 Å². The van der Waals surface area contributed by atoms with Gasteiger partial charge in [0.15, 0.2) is 5.11 Å². The maximum Gasteiger partial charge on any atom is 0.250 e. The molecule has 0 unspecified atom stereocenters. The molecule has 0 saturated carbocycles. The summed E-state index contributed by atoms with van der Waals surface area (Å²) in [7, 11) is 0. The standard InChI is InChI=1S/C16H20FN3O2S/c1-2-3-4-5-15(22)19-20-16(23)18-14(21)11-8-12-6-9-13(17)10-7-12/h6-11H,2-5H2,1H3,(H,19,22)(H2,18,20,21,23). The minimum absolute atomic E-state index is 0.00241. The molecular weight excluding hydrogens is 317 g/mol. The molecule has 0 aliphatic rings. The Kier molecular flexibility index (Phi) is 8.52. The molecule has 1 aromatic rings. The van der Waals surface area contributed by atoms with Gasteiger partial charge in [0, 0.05) is 12.5 Å². The fourth-order valence-electron chi connectivity index (χ4n) is 1.66. The van der Waals surface area contributed by atoms with Crippen LogP contribution < -0.4 is 16.2 Å². The Balaban J connectivity index is 2.29. The largest absolute Gasteiger partial charge is 0.298 e. The summed E-state index contributed by atoms with van der Waals surface area (Å²) in [5, 5.41) is 2.39. The minimum Gasteiger partial charge on any atom is -0.298 e. The summed E-state index contributed by atoms with van der Waals surface area (Å²) in [6.45, 7) is 2.06. The Labute approximate surface area is 140 Å². The summed E-state index contributed by atoms with van der Waals surface area (Å²) < 4.78 is 12.7. The number of rotatable bonds is 6. The number of amides is 2. The van der Waals surface area contributed by atoms with Crippen molar-refractivity contribution in [3.63, 3.8) is 0 Å². The lowest BCUT2D eigenvalue weighted by Gasteiger charge is -2.09. The molecule has 0 radical (unpaired) electrons. The van der Waals surface area contributed by atoms with Gasteiger partial charge in [-0.1, -0.05) is 31.9 Å². The molecule has 0 heterocycles. The van der Waals surface area contributed by atoms with Crippen LogP contribution in [0.25, 0.3) is 6.08 Å². The molecule has 0 bridgehead atoms. The van der Waals surface area contributed by atoms with Gasteiger partial charge in [-0.05, 0) is 42.4 Å². The highest BCUT2D eigenvalue weighted by molar-refractivity contribution is 7.80. The molecule has 1 aromatic carbocycles. The number of carbonyl (C=O) groups is 2. The number of hydrazine groups is 1. The quantitative estimate of drug-likeness (QED) is 0.323. The van der Waals surface area contributed by atoms with Gasteiger partial charge in [0.25, 0.3) is 0 Å². The van der Waals surface area contributed by atoms with Crippen molar-refractivity contribution in [3.8, 4) is 0 Å². The molecule has 0 spiro atoms. The third kappa shape index (κ3) is 8.67. The van der Waals surface area contributed by atoms with Gasteiger partial charge in [-0.25, -0.2) is 4.39 Å². The number of benzene rings is 1. The number of thiocarbonyl (C=S) groups is 1. The van der Waals surface area contributed by atoms with Gasteiger partial charge < -0.3 is 0 Å². The molecule has 2 amide bonds. The van der Waals surface area contributed by atoms with Crippen LogP contribution in [-0.4, -0.2) is 16.9 Å². The molecule has 0 aliphatic heterocycles. The molecule has 0 saturated heterocycles. The molecule has 0 fully saturated rings. The Bertz CT molecular complexity index is 573. The van der Waals surface area contributed by atoms with Gasteiger partial charge in [0.2, 0.25) is 11.8 Å². The van der Waals surface area contributed by atoms with Gasteiger partial charge in [0.05, 0.1) is 0 Å². The highest BCUT2D eigenvalue weighted by Crippen LogP contribution is 2.04. The normalized spacial score (nSPS) is 10.3. The van der Waals surface area contributed by atoms with E-state index in [1.165, 1.54) is 24.3 Å². The molecule has 5 nitrogen and oxygen atoms in total. The summed E-state index contributed by atoms with van der Waals surface area (Å²) in [6, 6.07) is 5.70. The molecule has 23 heavy (non-hydrogen) atoms. The fraction of sp³-hybridized carbons (Fsp3) is 0.312. The first-order valence-electron chi connectivity index (χ1n) is 7.34. The maximum atomic E-state index is 12.7. The zero-order valence-electron chi connectivity index (χ0n) is 12.9. The molecule has 124 valence electrons. The van der Waals surface area contributed by atoms with E-state index in [1.54, 1.807) is 12.1 Å². The first kappa shape index (κ1) is 18.8. The van der Waals surface area contributed by atoms with Crippen LogP contribution in [0.1, 0.15) is 38.2 Å². The van der Waals surface area contributed by atoms with Gasteiger partial charge in [-0.15, -0.1) is 0 Å². The number of carbonyl (C=O) groups excluding carboxylic acids is 2. The Hall–Kier alpha value is -2.28. The second-order valence-corrected chi connectivity index (χ2v) is 5.24. The number of nitrogens with one attached hydrogen (secondary N) is 3. The number of hydrogen-bond donors (Lipinski definition) is 3. The van der Waals surface area contributed by atoms with Crippen LogP contribution in [0.3, 0.4) is 0 Å². The van der Waals surface area contributed by atoms with Crippen molar-refractivity contribution in [2.24, 2.45) is 0 Å². The van der Waals surface area contributed by atoms with E-state index in [4.69, 9.17) is 12.2 Å². The molecule has 0 aliphatic carbocycles. The minimum atomic E-state index is -0.452. The first-order chi connectivity index (χ1) is 11.0. The Morgan fingerprint density at radius 1 is 1.17 bits per heavy atom. The van der Waals surface area contributed by atoms with Crippen molar-refractivity contribution in [3.05, 3.63) is 41.7 Å². The molecule has 1 rings (SSSR count). The van der Waals surface area contributed by atoms with Gasteiger partial charge in [0.1, 0.15) is 5.82 Å². The lowest BCUT2D eigenvalue weighted by atomic mass is 10.2. The van der Waals surface area contributed by atoms with E-state index in [-0.39, 0.29) is 16.8 Å². The third-order valence-electron chi connectivity index (χ3n) is 2.86. The number of halogens is 1. The molecule has 7 heteroatoms. The Morgan fingerprint density at radius 3 is 2.52 bits per heavy atom. The smallest absolute Gasteiger partial charge is 0.250 e. The van der Waals surface area contributed by atoms with Crippen LogP contribution in [0.2, 0.25) is 0 Å². The predicted octanol–water partition coefficient (Wildman–Crippen LogP) is 2.44. The summed E-state index contributed by atoms with van der Waals surface area (Å²) in [5.41, 5.74) is 5.56. The van der Waals surface area contributed by atoms with E-state index >= 15 is 0 Å². The van der Waals surface area contributed by atoms with Crippen LogP contribution >= 0.6 is 12.2 Å². The van der Waals surface area contributed by atoms with Crippen molar-refractivity contribution in [1.29, 1.82) is 0 Å². The van der Waals surface area contributed by atoms with Crippen LogP contribution in [0, 0.1) is 5.82 Å². The summed E-state index contributed by atoms with van der Waals surface area (Å²) in [5.74, 6) is -0.976.